The molecular weight excluding hydrogens is 490 g/mol. The van der Waals surface area contributed by atoms with Crippen molar-refractivity contribution in [3.05, 3.63) is 126 Å². The molecule has 2 heterocycles. The van der Waals surface area contributed by atoms with Crippen LogP contribution in [0.5, 0.6) is 0 Å². The standard InChI is InChI=1S/C33H20ClN3O/c34-33-36-31(24-16-14-23(15-17-24)21-8-3-1-4-9-21)35-32(37-33)26-12-7-13-29-30(26)27-20-25(18-19-28(27)38-29)22-10-5-2-6-11-22/h1-20H/i1D,3D,4D,8D,9D,14D,15D,16D,17D. The molecular formula is C33H20ClN3O. The Bertz CT molecular complexity index is 2380. The number of fused-ring (bicyclic) bond motifs is 3. The first-order valence-electron chi connectivity index (χ1n) is 16.1. The van der Waals surface area contributed by atoms with E-state index < -0.39 is 65.5 Å². The van der Waals surface area contributed by atoms with Crippen LogP contribution in [0.15, 0.2) is 126 Å². The average molecular weight is 519 g/mol. The molecule has 2 aromatic heterocycles. The first-order valence-corrected chi connectivity index (χ1v) is 12.0. The minimum atomic E-state index is -0.660. The van der Waals surface area contributed by atoms with Gasteiger partial charge in [0.15, 0.2) is 11.6 Å². The minimum Gasteiger partial charge on any atom is -0.456 e. The first-order chi connectivity index (χ1) is 22.5. The van der Waals surface area contributed by atoms with Gasteiger partial charge in [-0.2, -0.15) is 9.97 Å². The summed E-state index contributed by atoms with van der Waals surface area (Å²) in [6.45, 7) is 0. The largest absolute Gasteiger partial charge is 0.456 e. The smallest absolute Gasteiger partial charge is 0.226 e. The normalized spacial score (nSPS) is 14.6. The maximum Gasteiger partial charge on any atom is 0.226 e. The topological polar surface area (TPSA) is 51.8 Å². The molecule has 0 atom stereocenters. The van der Waals surface area contributed by atoms with E-state index in [1.807, 2.05) is 54.6 Å². The Morgan fingerprint density at radius 3 is 2.13 bits per heavy atom. The maximum atomic E-state index is 8.81. The van der Waals surface area contributed by atoms with Gasteiger partial charge in [0.2, 0.25) is 5.28 Å². The van der Waals surface area contributed by atoms with Gasteiger partial charge >= 0.3 is 0 Å². The highest BCUT2D eigenvalue weighted by molar-refractivity contribution is 6.28. The van der Waals surface area contributed by atoms with Crippen LogP contribution in [0.4, 0.5) is 0 Å². The fraction of sp³-hybridized carbons (Fsp3) is 0. The van der Waals surface area contributed by atoms with Crippen LogP contribution >= 0.6 is 11.6 Å². The summed E-state index contributed by atoms with van der Waals surface area (Å²) in [5.41, 5.74) is 2.53. The highest BCUT2D eigenvalue weighted by Crippen LogP contribution is 2.38. The van der Waals surface area contributed by atoms with Crippen molar-refractivity contribution >= 4 is 33.5 Å². The Morgan fingerprint density at radius 2 is 1.32 bits per heavy atom. The number of nitrogens with zero attached hydrogens (tertiary/aromatic N) is 3. The molecule has 5 heteroatoms. The molecule has 0 saturated carbocycles. The quantitative estimate of drug-likeness (QED) is 0.233. The van der Waals surface area contributed by atoms with E-state index in [1.165, 1.54) is 0 Å². The second kappa shape index (κ2) is 9.25. The molecule has 5 aromatic carbocycles. The summed E-state index contributed by atoms with van der Waals surface area (Å²) in [6.07, 6.45) is 0. The van der Waals surface area contributed by atoms with Gasteiger partial charge in [0, 0.05) is 21.9 Å². The molecule has 38 heavy (non-hydrogen) atoms. The molecule has 7 aromatic rings. The Kier molecular flexibility index (Phi) is 3.61. The lowest BCUT2D eigenvalue weighted by Gasteiger charge is -2.07. The van der Waals surface area contributed by atoms with Crippen LogP contribution in [0.1, 0.15) is 12.3 Å². The van der Waals surface area contributed by atoms with Gasteiger partial charge < -0.3 is 4.42 Å². The van der Waals surface area contributed by atoms with Crippen LogP contribution < -0.4 is 0 Å². The number of hydrogen-bond donors (Lipinski definition) is 0. The summed E-state index contributed by atoms with van der Waals surface area (Å²) >= 11 is 6.39. The summed E-state index contributed by atoms with van der Waals surface area (Å²) < 4.78 is 81.8. The lowest BCUT2D eigenvalue weighted by Crippen LogP contribution is -1.97. The van der Waals surface area contributed by atoms with Crippen molar-refractivity contribution in [2.75, 3.05) is 0 Å². The maximum absolute atomic E-state index is 8.81. The second-order valence-electron chi connectivity index (χ2n) is 8.36. The summed E-state index contributed by atoms with van der Waals surface area (Å²) in [4.78, 5) is 13.1. The zero-order valence-corrected chi connectivity index (χ0v) is 20.2. The van der Waals surface area contributed by atoms with Crippen LogP contribution in [0.3, 0.4) is 0 Å². The third-order valence-electron chi connectivity index (χ3n) is 6.05. The Balaban J connectivity index is 1.43. The fourth-order valence-corrected chi connectivity index (χ4v) is 4.49. The van der Waals surface area contributed by atoms with E-state index in [0.29, 0.717) is 22.1 Å². The molecule has 0 aliphatic carbocycles. The van der Waals surface area contributed by atoms with E-state index in [4.69, 9.17) is 28.4 Å². The van der Waals surface area contributed by atoms with Gasteiger partial charge in [0.1, 0.15) is 11.2 Å². The van der Waals surface area contributed by atoms with Crippen LogP contribution in [-0.4, -0.2) is 15.0 Å². The molecule has 4 nitrogen and oxygen atoms in total. The number of halogens is 1. The molecule has 0 amide bonds. The molecule has 0 N–H and O–H groups in total. The molecule has 7 rings (SSSR count). The van der Waals surface area contributed by atoms with Crippen LogP contribution in [0, 0.1) is 0 Å². The van der Waals surface area contributed by atoms with Gasteiger partial charge in [-0.05, 0) is 52.1 Å². The Labute approximate surface area is 236 Å². The van der Waals surface area contributed by atoms with Gasteiger partial charge in [0.25, 0.3) is 0 Å². The lowest BCUT2D eigenvalue weighted by molar-refractivity contribution is 0.669. The van der Waals surface area contributed by atoms with E-state index in [9.17, 15) is 0 Å². The zero-order chi connectivity index (χ0) is 33.3. The molecule has 0 unspecified atom stereocenters. The van der Waals surface area contributed by atoms with E-state index in [0.717, 1.165) is 16.5 Å². The van der Waals surface area contributed by atoms with Crippen molar-refractivity contribution in [3.8, 4) is 45.0 Å². The van der Waals surface area contributed by atoms with Gasteiger partial charge in [-0.25, -0.2) is 4.98 Å². The number of aromatic nitrogens is 3. The number of rotatable bonds is 4. The summed E-state index contributed by atoms with van der Waals surface area (Å²) in [5, 5.41) is 1.23. The minimum absolute atomic E-state index is 0.102. The SMILES string of the molecule is [2H]c1c([2H])c([2H])c(-c2c([2H])c([2H])c(-c3nc(Cl)nc(-c4cccc5oc6ccc(-c7ccccc7)cc6c45)n3)c([2H])c2[2H])c([2H])c1[2H]. The summed E-state index contributed by atoms with van der Waals surface area (Å²) in [6, 6.07) is 15.4. The number of furan rings is 1. The van der Waals surface area contributed by atoms with Crippen molar-refractivity contribution in [2.24, 2.45) is 0 Å². The van der Waals surface area contributed by atoms with E-state index in [-0.39, 0.29) is 22.5 Å². The van der Waals surface area contributed by atoms with Gasteiger partial charge in [0.05, 0.1) is 12.3 Å². The highest BCUT2D eigenvalue weighted by Gasteiger charge is 2.17. The average Bonchev–Trinajstić information content (AvgIpc) is 3.45. The number of benzene rings is 5. The van der Waals surface area contributed by atoms with Crippen LogP contribution in [0.25, 0.3) is 67.0 Å². The molecule has 180 valence electrons. The Morgan fingerprint density at radius 1 is 0.579 bits per heavy atom. The predicted octanol–water partition coefficient (Wildman–Crippen LogP) is 9.09. The Hall–Kier alpha value is -4.80. The van der Waals surface area contributed by atoms with Gasteiger partial charge in [-0.1, -0.05) is 103 Å². The zero-order valence-electron chi connectivity index (χ0n) is 28.5. The third-order valence-corrected chi connectivity index (χ3v) is 6.22. The van der Waals surface area contributed by atoms with Crippen molar-refractivity contribution in [1.82, 2.24) is 15.0 Å². The monoisotopic (exact) mass is 518 g/mol. The molecule has 0 bridgehead atoms. The third kappa shape index (κ3) is 4.01. The molecule has 0 saturated heterocycles. The van der Waals surface area contributed by atoms with Crippen molar-refractivity contribution in [1.29, 1.82) is 0 Å². The lowest BCUT2D eigenvalue weighted by atomic mass is 10.0. The van der Waals surface area contributed by atoms with Gasteiger partial charge in [-0.15, -0.1) is 0 Å². The molecule has 0 aliphatic rings. The van der Waals surface area contributed by atoms with E-state index >= 15 is 0 Å². The first kappa shape index (κ1) is 14.8. The molecule has 0 spiro atoms. The summed E-state index contributed by atoms with van der Waals surface area (Å²) in [5.74, 6) is -0.135. The van der Waals surface area contributed by atoms with E-state index in [1.54, 1.807) is 12.1 Å². The second-order valence-corrected chi connectivity index (χ2v) is 8.70. The van der Waals surface area contributed by atoms with Crippen molar-refractivity contribution in [3.63, 3.8) is 0 Å². The predicted molar refractivity (Wildman–Crippen MR) is 154 cm³/mol. The fourth-order valence-electron chi connectivity index (χ4n) is 4.33. The van der Waals surface area contributed by atoms with Crippen LogP contribution in [-0.2, 0) is 0 Å². The highest BCUT2D eigenvalue weighted by atomic mass is 35.5. The van der Waals surface area contributed by atoms with Crippen molar-refractivity contribution < 1.29 is 16.8 Å². The number of hydrogen-bond acceptors (Lipinski definition) is 4. The molecule has 0 radical (unpaired) electrons. The summed E-state index contributed by atoms with van der Waals surface area (Å²) in [7, 11) is 0. The van der Waals surface area contributed by atoms with E-state index in [2.05, 4.69) is 15.0 Å². The van der Waals surface area contributed by atoms with Gasteiger partial charge in [-0.3, -0.25) is 0 Å². The molecule has 0 fully saturated rings. The van der Waals surface area contributed by atoms with Crippen LogP contribution in [0.2, 0.25) is 5.28 Å². The van der Waals surface area contributed by atoms with Crippen molar-refractivity contribution in [2.45, 2.75) is 0 Å². The molecule has 0 aliphatic heterocycles.